The van der Waals surface area contributed by atoms with Crippen LogP contribution in [0.15, 0.2) is 0 Å². The van der Waals surface area contributed by atoms with E-state index >= 15 is 0 Å². The predicted molar refractivity (Wildman–Crippen MR) is 146 cm³/mol. The first-order chi connectivity index (χ1) is 23.1. The molecule has 286 valence electrons. The van der Waals surface area contributed by atoms with E-state index in [2.05, 4.69) is 4.18 Å². The van der Waals surface area contributed by atoms with E-state index in [9.17, 15) is 59.5 Å². The van der Waals surface area contributed by atoms with Crippen molar-refractivity contribution in [3.8, 4) is 0 Å². The number of methoxy groups -OCH3 is 1. The van der Waals surface area contributed by atoms with Gasteiger partial charge >= 0.3 is 10.4 Å². The molecule has 5 aliphatic rings. The summed E-state index contributed by atoms with van der Waals surface area (Å²) in [6.07, 6.45) is -32.7. The Kier molecular flexibility index (Phi) is 12.8. The van der Waals surface area contributed by atoms with Crippen LogP contribution in [0, 0.1) is 0 Å². The molecule has 0 aromatic rings. The van der Waals surface area contributed by atoms with E-state index in [1.807, 2.05) is 0 Å². The molecule has 24 heteroatoms. The summed E-state index contributed by atoms with van der Waals surface area (Å²) in [4.78, 5) is 0. The Morgan fingerprint density at radius 3 is 1.78 bits per heavy atom. The Bertz CT molecular complexity index is 1180. The van der Waals surface area contributed by atoms with Crippen LogP contribution in [0.25, 0.3) is 0 Å². The third-order valence-electron chi connectivity index (χ3n) is 8.80. The SMILES string of the molecule is COC[C@H]1O[C@@H](O[C@H]2[C@H]3OC[C@@H]2O[C@@H](O[C@H]2[C@@H](O)[C@@H](CO)OC(O)[C@@H]2O)[C@H]3O)[C@H](O)[C@@H](O[C@@H]2O[C@@H](COS(=O)(=O)O)[C@@H](O)[C@@H](O)[C@@H]2O)[C@H]1O. The van der Waals surface area contributed by atoms with Crippen molar-refractivity contribution in [2.24, 2.45) is 0 Å². The molecular formula is C25H42O23S. The minimum Gasteiger partial charge on any atom is -0.394 e. The van der Waals surface area contributed by atoms with E-state index in [1.54, 1.807) is 0 Å². The first kappa shape index (κ1) is 39.3. The second-order valence-electron chi connectivity index (χ2n) is 12.1. The number of rotatable bonds is 12. The Balaban J connectivity index is 1.28. The molecule has 5 fully saturated rings. The molecule has 5 heterocycles. The van der Waals surface area contributed by atoms with Gasteiger partial charge in [0.05, 0.1) is 26.4 Å². The minimum absolute atomic E-state index is 0.185. The lowest BCUT2D eigenvalue weighted by atomic mass is 9.96. The van der Waals surface area contributed by atoms with Crippen molar-refractivity contribution in [1.29, 1.82) is 0 Å². The van der Waals surface area contributed by atoms with Crippen LogP contribution in [0.1, 0.15) is 0 Å². The van der Waals surface area contributed by atoms with Crippen LogP contribution < -0.4 is 0 Å². The standard InChI is InChI=1S/C25H42O23S/c1-39-3-7-12(29)20(48-23-14(31)13(30)10(27)8(44-23)5-41-49(36,37)38)16(33)24(43-7)46-18-9-4-40-21(18)17(34)25(45-9)47-19-11(28)6(2-26)42-22(35)15(19)32/h6-35H,2-5H2,1H3,(H,36,37,38)/t6-,7-,8+,9+,10-,11+,12+,13-,14+,15-,16-,17+,18-,19+,20+,21+,22?,23+,24+,25+/m1/s1. The zero-order valence-corrected chi connectivity index (χ0v) is 26.4. The van der Waals surface area contributed by atoms with E-state index in [1.165, 1.54) is 7.11 Å². The molecule has 0 aromatic heterocycles. The van der Waals surface area contributed by atoms with Crippen LogP contribution in [0.3, 0.4) is 0 Å². The number of hydrogen-bond donors (Lipinski definition) is 11. The van der Waals surface area contributed by atoms with Gasteiger partial charge in [-0.25, -0.2) is 4.18 Å². The van der Waals surface area contributed by atoms with Gasteiger partial charge in [-0.05, 0) is 0 Å². The Morgan fingerprint density at radius 1 is 0.612 bits per heavy atom. The van der Waals surface area contributed by atoms with E-state index < -0.39 is 146 Å². The smallest absolute Gasteiger partial charge is 0.394 e. The molecule has 5 aliphatic heterocycles. The Morgan fingerprint density at radius 2 is 1.16 bits per heavy atom. The van der Waals surface area contributed by atoms with Crippen LogP contribution in [0.5, 0.6) is 0 Å². The zero-order chi connectivity index (χ0) is 35.9. The maximum atomic E-state index is 11.2. The molecule has 5 rings (SSSR count). The summed E-state index contributed by atoms with van der Waals surface area (Å²) in [5.41, 5.74) is 0. The van der Waals surface area contributed by atoms with Gasteiger partial charge in [0.15, 0.2) is 25.2 Å². The van der Waals surface area contributed by atoms with E-state index in [-0.39, 0.29) is 13.2 Å². The van der Waals surface area contributed by atoms with Crippen LogP contribution in [-0.4, -0.2) is 220 Å². The molecule has 1 unspecified atom stereocenters. The molecular weight excluding hydrogens is 700 g/mol. The predicted octanol–water partition coefficient (Wildman–Crippen LogP) is -8.22. The highest BCUT2D eigenvalue weighted by atomic mass is 32.3. The molecule has 0 amide bonds. The lowest BCUT2D eigenvalue weighted by Crippen LogP contribution is -2.66. The minimum atomic E-state index is -5.00. The highest BCUT2D eigenvalue weighted by Crippen LogP contribution is 2.37. The van der Waals surface area contributed by atoms with Gasteiger partial charge in [0, 0.05) is 7.11 Å². The highest BCUT2D eigenvalue weighted by molar-refractivity contribution is 7.80. The summed E-state index contributed by atoms with van der Waals surface area (Å²) in [6, 6.07) is 0. The van der Waals surface area contributed by atoms with E-state index in [0.717, 1.165) is 0 Å². The second kappa shape index (κ2) is 16.0. The monoisotopic (exact) mass is 742 g/mol. The molecule has 0 spiro atoms. The fourth-order valence-electron chi connectivity index (χ4n) is 6.19. The van der Waals surface area contributed by atoms with Gasteiger partial charge in [-0.3, -0.25) is 4.55 Å². The molecule has 0 radical (unpaired) electrons. The van der Waals surface area contributed by atoms with Gasteiger partial charge in [0.25, 0.3) is 0 Å². The topological polar surface area (TPSA) is 349 Å². The molecule has 49 heavy (non-hydrogen) atoms. The fourth-order valence-corrected chi connectivity index (χ4v) is 6.50. The molecule has 0 saturated carbocycles. The Hall–Kier alpha value is -0.890. The maximum Gasteiger partial charge on any atom is 0.397 e. The number of ether oxygens (including phenoxy) is 9. The van der Waals surface area contributed by atoms with Crippen LogP contribution in [0.2, 0.25) is 0 Å². The second-order valence-corrected chi connectivity index (χ2v) is 13.2. The summed E-state index contributed by atoms with van der Waals surface area (Å²) < 4.78 is 84.7. The van der Waals surface area contributed by atoms with Crippen molar-refractivity contribution in [2.75, 3.05) is 33.5 Å². The normalized spacial score (nSPS) is 50.8. The Labute approximate surface area is 277 Å². The summed E-state index contributed by atoms with van der Waals surface area (Å²) in [7, 11) is -3.73. The average Bonchev–Trinajstić information content (AvgIpc) is 3.36. The van der Waals surface area contributed by atoms with Crippen molar-refractivity contribution in [3.63, 3.8) is 0 Å². The van der Waals surface area contributed by atoms with Gasteiger partial charge in [-0.1, -0.05) is 0 Å². The molecule has 5 saturated heterocycles. The molecule has 23 nitrogen and oxygen atoms in total. The third-order valence-corrected chi connectivity index (χ3v) is 9.24. The zero-order valence-electron chi connectivity index (χ0n) is 25.6. The fraction of sp³-hybridized carbons (Fsp3) is 1.00. The number of hydrogen-bond acceptors (Lipinski definition) is 22. The van der Waals surface area contributed by atoms with Crippen molar-refractivity contribution < 1.29 is 111 Å². The van der Waals surface area contributed by atoms with Crippen molar-refractivity contribution in [2.45, 2.75) is 123 Å². The summed E-state index contributed by atoms with van der Waals surface area (Å²) in [5, 5.41) is 105. The lowest BCUT2D eigenvalue weighted by Gasteiger charge is -2.47. The molecule has 0 aliphatic carbocycles. The quantitative estimate of drug-likeness (QED) is 0.0827. The first-order valence-electron chi connectivity index (χ1n) is 15.1. The summed E-state index contributed by atoms with van der Waals surface area (Å²) in [6.45, 7) is -2.23. The van der Waals surface area contributed by atoms with Gasteiger partial charge in [-0.2, -0.15) is 8.42 Å². The highest BCUT2D eigenvalue weighted by Gasteiger charge is 2.58. The van der Waals surface area contributed by atoms with Crippen molar-refractivity contribution >= 4 is 10.4 Å². The first-order valence-corrected chi connectivity index (χ1v) is 16.5. The number of aliphatic hydroxyl groups is 10. The number of aliphatic hydroxyl groups excluding tert-OH is 10. The van der Waals surface area contributed by atoms with Gasteiger partial charge in [0.2, 0.25) is 0 Å². The molecule has 2 bridgehead atoms. The molecule has 20 atom stereocenters. The summed E-state index contributed by atoms with van der Waals surface area (Å²) >= 11 is 0. The van der Waals surface area contributed by atoms with E-state index in [0.29, 0.717) is 0 Å². The largest absolute Gasteiger partial charge is 0.397 e. The van der Waals surface area contributed by atoms with Gasteiger partial charge < -0.3 is 93.7 Å². The molecule has 11 N–H and O–H groups in total. The van der Waals surface area contributed by atoms with Crippen LogP contribution >= 0.6 is 0 Å². The maximum absolute atomic E-state index is 11.2. The average molecular weight is 743 g/mol. The van der Waals surface area contributed by atoms with Crippen LogP contribution in [-0.2, 0) is 57.2 Å². The van der Waals surface area contributed by atoms with Crippen LogP contribution in [0.4, 0.5) is 0 Å². The van der Waals surface area contributed by atoms with Crippen molar-refractivity contribution in [3.05, 3.63) is 0 Å². The lowest BCUT2D eigenvalue weighted by molar-refractivity contribution is -0.377. The third kappa shape index (κ3) is 8.36. The summed E-state index contributed by atoms with van der Waals surface area (Å²) in [5.74, 6) is 0. The number of fused-ring (bicyclic) bond motifs is 2. The van der Waals surface area contributed by atoms with Gasteiger partial charge in [0.1, 0.15) is 97.7 Å². The molecule has 0 aromatic carbocycles. The van der Waals surface area contributed by atoms with Gasteiger partial charge in [-0.15, -0.1) is 0 Å². The van der Waals surface area contributed by atoms with Crippen molar-refractivity contribution in [1.82, 2.24) is 0 Å². The van der Waals surface area contributed by atoms with E-state index in [4.69, 9.17) is 47.2 Å².